The van der Waals surface area contributed by atoms with Gasteiger partial charge in [0.1, 0.15) is 0 Å². The molecule has 1 aliphatic heterocycles. The second kappa shape index (κ2) is 4.58. The fourth-order valence-corrected chi connectivity index (χ4v) is 1.96. The van der Waals surface area contributed by atoms with Crippen molar-refractivity contribution in [3.8, 4) is 0 Å². The van der Waals surface area contributed by atoms with Gasteiger partial charge in [0.2, 0.25) is 0 Å². The number of rotatable bonds is 2. The molecule has 1 heterocycles. The van der Waals surface area contributed by atoms with Gasteiger partial charge in [0.15, 0.2) is 5.78 Å². The van der Waals surface area contributed by atoms with Gasteiger partial charge in [0.05, 0.1) is 6.10 Å². The number of benzene rings is 1. The van der Waals surface area contributed by atoms with E-state index in [1.54, 1.807) is 6.92 Å². The summed E-state index contributed by atoms with van der Waals surface area (Å²) in [4.78, 5) is 11.2. The van der Waals surface area contributed by atoms with Gasteiger partial charge in [-0.25, -0.2) is 0 Å². The second-order valence-electron chi connectivity index (χ2n) is 4.04. The van der Waals surface area contributed by atoms with Crippen molar-refractivity contribution in [3.05, 3.63) is 35.4 Å². The van der Waals surface area contributed by atoms with E-state index in [0.29, 0.717) is 0 Å². The molecule has 2 heteroatoms. The second-order valence-corrected chi connectivity index (χ2v) is 4.04. The highest BCUT2D eigenvalue weighted by molar-refractivity contribution is 5.94. The maximum atomic E-state index is 11.2. The molecule has 1 aromatic rings. The average molecular weight is 204 g/mol. The quantitative estimate of drug-likeness (QED) is 0.692. The van der Waals surface area contributed by atoms with Gasteiger partial charge in [-0.2, -0.15) is 0 Å². The number of carbonyl (C=O) groups excluding carboxylic acids is 1. The molecule has 0 spiro atoms. The number of hydrogen-bond acceptors (Lipinski definition) is 2. The number of hydrogen-bond donors (Lipinski definition) is 0. The van der Waals surface area contributed by atoms with E-state index in [4.69, 9.17) is 4.74 Å². The van der Waals surface area contributed by atoms with Gasteiger partial charge in [0.25, 0.3) is 0 Å². The zero-order valence-electron chi connectivity index (χ0n) is 9.03. The van der Waals surface area contributed by atoms with E-state index in [1.165, 1.54) is 6.42 Å². The summed E-state index contributed by atoms with van der Waals surface area (Å²) in [5, 5.41) is 0. The van der Waals surface area contributed by atoms with E-state index in [-0.39, 0.29) is 11.9 Å². The van der Waals surface area contributed by atoms with E-state index in [2.05, 4.69) is 0 Å². The molecule has 1 aliphatic rings. The Morgan fingerprint density at radius 2 is 2.27 bits per heavy atom. The van der Waals surface area contributed by atoms with Gasteiger partial charge in [-0.3, -0.25) is 4.79 Å². The van der Waals surface area contributed by atoms with Crippen molar-refractivity contribution in [1.82, 2.24) is 0 Å². The first-order chi connectivity index (χ1) is 7.27. The van der Waals surface area contributed by atoms with E-state index < -0.39 is 0 Å². The standard InChI is InChI=1S/C13H16O2/c1-10(14)11-5-4-6-12(9-11)13-7-2-3-8-15-13/h4-6,9,13H,2-3,7-8H2,1H3. The van der Waals surface area contributed by atoms with E-state index in [0.717, 1.165) is 30.6 Å². The maximum absolute atomic E-state index is 11.2. The molecule has 0 radical (unpaired) electrons. The van der Waals surface area contributed by atoms with Gasteiger partial charge in [-0.1, -0.05) is 18.2 Å². The summed E-state index contributed by atoms with van der Waals surface area (Å²) >= 11 is 0. The van der Waals surface area contributed by atoms with Crippen LogP contribution in [0.1, 0.15) is 48.2 Å². The van der Waals surface area contributed by atoms with E-state index >= 15 is 0 Å². The molecule has 1 aromatic carbocycles. The van der Waals surface area contributed by atoms with Crippen molar-refractivity contribution in [2.24, 2.45) is 0 Å². The van der Waals surface area contributed by atoms with Crippen molar-refractivity contribution >= 4 is 5.78 Å². The molecule has 0 amide bonds. The van der Waals surface area contributed by atoms with Gasteiger partial charge in [-0.15, -0.1) is 0 Å². The van der Waals surface area contributed by atoms with Crippen LogP contribution < -0.4 is 0 Å². The molecule has 1 unspecified atom stereocenters. The normalized spacial score (nSPS) is 21.3. The van der Waals surface area contributed by atoms with Crippen LogP contribution in [0.5, 0.6) is 0 Å². The van der Waals surface area contributed by atoms with Crippen LogP contribution in [0.25, 0.3) is 0 Å². The van der Waals surface area contributed by atoms with Crippen molar-refractivity contribution in [3.63, 3.8) is 0 Å². The van der Waals surface area contributed by atoms with Gasteiger partial charge in [-0.05, 0) is 37.8 Å². The monoisotopic (exact) mass is 204 g/mol. The molecule has 1 saturated heterocycles. The third kappa shape index (κ3) is 2.45. The molecule has 2 rings (SSSR count). The van der Waals surface area contributed by atoms with Crippen LogP contribution in [0.4, 0.5) is 0 Å². The van der Waals surface area contributed by atoms with Crippen LogP contribution in [0.15, 0.2) is 24.3 Å². The van der Waals surface area contributed by atoms with E-state index in [1.807, 2.05) is 24.3 Å². The summed E-state index contributed by atoms with van der Waals surface area (Å²) in [6.07, 6.45) is 3.64. The van der Waals surface area contributed by atoms with E-state index in [9.17, 15) is 4.79 Å². The van der Waals surface area contributed by atoms with Crippen molar-refractivity contribution in [2.75, 3.05) is 6.61 Å². The highest BCUT2D eigenvalue weighted by Crippen LogP contribution is 2.28. The molecule has 0 N–H and O–H groups in total. The Hall–Kier alpha value is -1.15. The Morgan fingerprint density at radius 1 is 1.40 bits per heavy atom. The Morgan fingerprint density at radius 3 is 2.93 bits per heavy atom. The minimum Gasteiger partial charge on any atom is -0.374 e. The van der Waals surface area contributed by atoms with Gasteiger partial charge < -0.3 is 4.74 Å². The van der Waals surface area contributed by atoms with Crippen LogP contribution in [0, 0.1) is 0 Å². The van der Waals surface area contributed by atoms with Crippen molar-refractivity contribution in [1.29, 1.82) is 0 Å². The Bertz CT molecular complexity index is 351. The summed E-state index contributed by atoms with van der Waals surface area (Å²) < 4.78 is 5.69. The molecular formula is C13H16O2. The van der Waals surface area contributed by atoms with Crippen molar-refractivity contribution < 1.29 is 9.53 Å². The Balaban J connectivity index is 2.19. The zero-order chi connectivity index (χ0) is 10.7. The highest BCUT2D eigenvalue weighted by Gasteiger charge is 2.16. The molecule has 80 valence electrons. The van der Waals surface area contributed by atoms with Crippen LogP contribution in [-0.2, 0) is 4.74 Å². The molecule has 1 fully saturated rings. The van der Waals surface area contributed by atoms with Crippen LogP contribution in [0.3, 0.4) is 0 Å². The Labute approximate surface area is 90.3 Å². The van der Waals surface area contributed by atoms with Crippen LogP contribution in [-0.4, -0.2) is 12.4 Å². The SMILES string of the molecule is CC(=O)c1cccc(C2CCCCO2)c1. The minimum absolute atomic E-state index is 0.118. The summed E-state index contributed by atoms with van der Waals surface area (Å²) in [5.74, 6) is 0.118. The third-order valence-corrected chi connectivity index (χ3v) is 2.84. The van der Waals surface area contributed by atoms with Crippen LogP contribution >= 0.6 is 0 Å². The number of Topliss-reactive ketones (excluding diaryl/α,β-unsaturated/α-hetero) is 1. The summed E-state index contributed by atoms with van der Waals surface area (Å²) in [6.45, 7) is 2.44. The fraction of sp³-hybridized carbons (Fsp3) is 0.462. The molecule has 0 saturated carbocycles. The molecule has 0 aliphatic carbocycles. The largest absolute Gasteiger partial charge is 0.374 e. The topological polar surface area (TPSA) is 26.3 Å². The summed E-state index contributed by atoms with van der Waals surface area (Å²) in [7, 11) is 0. The summed E-state index contributed by atoms with van der Waals surface area (Å²) in [5.41, 5.74) is 1.92. The lowest BCUT2D eigenvalue weighted by molar-refractivity contribution is 0.0149. The zero-order valence-corrected chi connectivity index (χ0v) is 9.03. The molecule has 0 aromatic heterocycles. The third-order valence-electron chi connectivity index (χ3n) is 2.84. The van der Waals surface area contributed by atoms with Gasteiger partial charge in [0, 0.05) is 12.2 Å². The van der Waals surface area contributed by atoms with Gasteiger partial charge >= 0.3 is 0 Å². The van der Waals surface area contributed by atoms with Crippen LogP contribution in [0.2, 0.25) is 0 Å². The molecule has 0 bridgehead atoms. The number of ketones is 1. The Kier molecular flexibility index (Phi) is 3.17. The average Bonchev–Trinajstić information content (AvgIpc) is 2.30. The lowest BCUT2D eigenvalue weighted by atomic mass is 9.99. The lowest BCUT2D eigenvalue weighted by Crippen LogP contribution is -2.11. The van der Waals surface area contributed by atoms with Crippen molar-refractivity contribution in [2.45, 2.75) is 32.3 Å². The molecule has 2 nitrogen and oxygen atoms in total. The fourth-order valence-electron chi connectivity index (χ4n) is 1.96. The predicted molar refractivity (Wildman–Crippen MR) is 59.0 cm³/mol. The highest BCUT2D eigenvalue weighted by atomic mass is 16.5. The molecule has 1 atom stereocenters. The maximum Gasteiger partial charge on any atom is 0.159 e. The first-order valence-corrected chi connectivity index (χ1v) is 5.50. The molecule has 15 heavy (non-hydrogen) atoms. The number of carbonyl (C=O) groups is 1. The summed E-state index contributed by atoms with van der Waals surface area (Å²) in [6, 6.07) is 7.79. The lowest BCUT2D eigenvalue weighted by Gasteiger charge is -2.23. The minimum atomic E-state index is 0.118. The first kappa shape index (κ1) is 10.4. The molecular weight excluding hydrogens is 188 g/mol. The smallest absolute Gasteiger partial charge is 0.159 e. The predicted octanol–water partition coefficient (Wildman–Crippen LogP) is 3.13. The first-order valence-electron chi connectivity index (χ1n) is 5.50. The number of ether oxygens (including phenoxy) is 1.